The van der Waals surface area contributed by atoms with Crippen LogP contribution in [0.1, 0.15) is 6.92 Å². The highest BCUT2D eigenvalue weighted by molar-refractivity contribution is 7.99. The van der Waals surface area contributed by atoms with E-state index in [1.165, 1.54) is 11.8 Å². The van der Waals surface area contributed by atoms with E-state index in [2.05, 4.69) is 10.2 Å². The van der Waals surface area contributed by atoms with Gasteiger partial charge in [0.05, 0.1) is 18.8 Å². The molecule has 6 heteroatoms. The molecule has 19 heavy (non-hydrogen) atoms. The van der Waals surface area contributed by atoms with Crippen LogP contribution < -0.4 is 4.74 Å². The fraction of sp³-hybridized carbons (Fsp3) is 0.385. The monoisotopic (exact) mass is 280 g/mol. The number of hydrogen-bond donors (Lipinski definition) is 0. The number of nitrogens with zero attached hydrogens (tertiary/aromatic N) is 2. The summed E-state index contributed by atoms with van der Waals surface area (Å²) < 4.78 is 16.1. The smallest absolute Gasteiger partial charge is 0.276 e. The summed E-state index contributed by atoms with van der Waals surface area (Å²) in [6, 6.07) is 7.63. The summed E-state index contributed by atoms with van der Waals surface area (Å²) >= 11 is 1.47. The van der Waals surface area contributed by atoms with Crippen molar-refractivity contribution < 1.29 is 13.9 Å². The fourth-order valence-corrected chi connectivity index (χ4v) is 2.17. The van der Waals surface area contributed by atoms with E-state index < -0.39 is 0 Å². The lowest BCUT2D eigenvalue weighted by molar-refractivity contribution is 0.218. The highest BCUT2D eigenvalue weighted by Gasteiger charge is 2.13. The second kappa shape index (κ2) is 7.16. The van der Waals surface area contributed by atoms with E-state index in [1.807, 2.05) is 31.2 Å². The van der Waals surface area contributed by atoms with Gasteiger partial charge in [-0.3, -0.25) is 0 Å². The van der Waals surface area contributed by atoms with Gasteiger partial charge in [0.25, 0.3) is 11.1 Å². The van der Waals surface area contributed by atoms with Gasteiger partial charge in [-0.15, -0.1) is 10.2 Å². The maximum atomic E-state index is 5.61. The van der Waals surface area contributed by atoms with Crippen molar-refractivity contribution in [2.45, 2.75) is 12.1 Å². The lowest BCUT2D eigenvalue weighted by Crippen LogP contribution is -1.93. The summed E-state index contributed by atoms with van der Waals surface area (Å²) in [5.74, 6) is 2.01. The van der Waals surface area contributed by atoms with E-state index in [0.29, 0.717) is 24.3 Å². The van der Waals surface area contributed by atoms with Crippen molar-refractivity contribution in [2.24, 2.45) is 0 Å². The van der Waals surface area contributed by atoms with Crippen LogP contribution in [0.3, 0.4) is 0 Å². The van der Waals surface area contributed by atoms with Crippen molar-refractivity contribution in [3.8, 4) is 17.2 Å². The van der Waals surface area contributed by atoms with Gasteiger partial charge in [0.1, 0.15) is 5.75 Å². The first-order chi connectivity index (χ1) is 9.35. The molecule has 0 spiro atoms. The molecule has 0 bridgehead atoms. The van der Waals surface area contributed by atoms with Crippen LogP contribution in [0.15, 0.2) is 33.9 Å². The molecule has 0 amide bonds. The summed E-state index contributed by atoms with van der Waals surface area (Å²) in [4.78, 5) is 0. The van der Waals surface area contributed by atoms with Crippen molar-refractivity contribution in [1.82, 2.24) is 10.2 Å². The lowest BCUT2D eigenvalue weighted by atomic mass is 10.2. The summed E-state index contributed by atoms with van der Waals surface area (Å²) in [6.45, 7) is 3.19. The van der Waals surface area contributed by atoms with Crippen LogP contribution in [0.4, 0.5) is 0 Å². The van der Waals surface area contributed by atoms with Gasteiger partial charge in [-0.25, -0.2) is 0 Å². The number of para-hydroxylation sites is 1. The first kappa shape index (κ1) is 13.9. The van der Waals surface area contributed by atoms with Gasteiger partial charge in [-0.05, 0) is 19.1 Å². The first-order valence-electron chi connectivity index (χ1n) is 6.02. The Morgan fingerprint density at radius 3 is 2.89 bits per heavy atom. The SMILES string of the molecule is CCOc1ccccc1-c1nnc(SCCOC)o1. The molecule has 0 saturated carbocycles. The fourth-order valence-electron chi connectivity index (χ4n) is 1.51. The zero-order chi connectivity index (χ0) is 13.5. The summed E-state index contributed by atoms with van der Waals surface area (Å²) in [5.41, 5.74) is 0.815. The molecule has 0 aliphatic rings. The highest BCUT2D eigenvalue weighted by Crippen LogP contribution is 2.30. The normalized spacial score (nSPS) is 10.6. The maximum absolute atomic E-state index is 5.61. The third kappa shape index (κ3) is 3.71. The van der Waals surface area contributed by atoms with Gasteiger partial charge in [0, 0.05) is 12.9 Å². The molecule has 1 heterocycles. The molecule has 0 saturated heterocycles. The van der Waals surface area contributed by atoms with E-state index in [-0.39, 0.29) is 0 Å². The Morgan fingerprint density at radius 2 is 2.11 bits per heavy atom. The van der Waals surface area contributed by atoms with Crippen LogP contribution in [0, 0.1) is 0 Å². The Labute approximate surface area is 116 Å². The van der Waals surface area contributed by atoms with Gasteiger partial charge < -0.3 is 13.9 Å². The Kier molecular flexibility index (Phi) is 5.23. The zero-order valence-corrected chi connectivity index (χ0v) is 11.8. The molecular formula is C13H16N2O3S. The molecule has 0 aliphatic heterocycles. The molecular weight excluding hydrogens is 264 g/mol. The predicted octanol–water partition coefficient (Wildman–Crippen LogP) is 2.87. The van der Waals surface area contributed by atoms with Gasteiger partial charge in [0.15, 0.2) is 0 Å². The maximum Gasteiger partial charge on any atom is 0.276 e. The van der Waals surface area contributed by atoms with Gasteiger partial charge in [0.2, 0.25) is 0 Å². The lowest BCUT2D eigenvalue weighted by Gasteiger charge is -2.05. The Bertz CT molecular complexity index is 516. The number of aromatic nitrogens is 2. The third-order valence-corrected chi connectivity index (χ3v) is 3.12. The van der Waals surface area contributed by atoms with Crippen LogP contribution in [0.25, 0.3) is 11.5 Å². The molecule has 102 valence electrons. The van der Waals surface area contributed by atoms with Crippen LogP contribution in [-0.4, -0.2) is 36.3 Å². The molecule has 1 aromatic heterocycles. The predicted molar refractivity (Wildman–Crippen MR) is 73.5 cm³/mol. The van der Waals surface area contributed by atoms with Crippen molar-refractivity contribution in [3.63, 3.8) is 0 Å². The van der Waals surface area contributed by atoms with Crippen molar-refractivity contribution >= 4 is 11.8 Å². The van der Waals surface area contributed by atoms with Crippen molar-refractivity contribution in [1.29, 1.82) is 0 Å². The molecule has 2 rings (SSSR count). The number of methoxy groups -OCH3 is 1. The largest absolute Gasteiger partial charge is 0.493 e. The van der Waals surface area contributed by atoms with Gasteiger partial charge in [-0.2, -0.15) is 0 Å². The first-order valence-corrected chi connectivity index (χ1v) is 7.01. The average molecular weight is 280 g/mol. The standard InChI is InChI=1S/C13H16N2O3S/c1-3-17-11-7-5-4-6-10(11)12-14-15-13(18-12)19-9-8-16-2/h4-7H,3,8-9H2,1-2H3. The van der Waals surface area contributed by atoms with E-state index in [9.17, 15) is 0 Å². The molecule has 2 aromatic rings. The molecule has 5 nitrogen and oxygen atoms in total. The van der Waals surface area contributed by atoms with Gasteiger partial charge >= 0.3 is 0 Å². The molecule has 0 N–H and O–H groups in total. The number of hydrogen-bond acceptors (Lipinski definition) is 6. The molecule has 0 atom stereocenters. The summed E-state index contributed by atoms with van der Waals surface area (Å²) in [7, 11) is 1.66. The topological polar surface area (TPSA) is 57.4 Å². The second-order valence-corrected chi connectivity index (χ2v) is 4.69. The Morgan fingerprint density at radius 1 is 1.26 bits per heavy atom. The van der Waals surface area contributed by atoms with Crippen LogP contribution in [0.5, 0.6) is 5.75 Å². The van der Waals surface area contributed by atoms with E-state index >= 15 is 0 Å². The quantitative estimate of drug-likeness (QED) is 0.574. The molecule has 0 aliphatic carbocycles. The molecule has 0 unspecified atom stereocenters. The number of rotatable bonds is 7. The second-order valence-electron chi connectivity index (χ2n) is 3.64. The number of ether oxygens (including phenoxy) is 2. The van der Waals surface area contributed by atoms with Crippen LogP contribution in [-0.2, 0) is 4.74 Å². The minimum atomic E-state index is 0.476. The minimum absolute atomic E-state index is 0.476. The van der Waals surface area contributed by atoms with E-state index in [0.717, 1.165) is 17.1 Å². The zero-order valence-electron chi connectivity index (χ0n) is 11.0. The minimum Gasteiger partial charge on any atom is -0.493 e. The Hall–Kier alpha value is -1.53. The van der Waals surface area contributed by atoms with Gasteiger partial charge in [-0.1, -0.05) is 23.9 Å². The molecule has 1 aromatic carbocycles. The highest BCUT2D eigenvalue weighted by atomic mass is 32.2. The van der Waals surface area contributed by atoms with Crippen molar-refractivity contribution in [3.05, 3.63) is 24.3 Å². The van der Waals surface area contributed by atoms with Crippen molar-refractivity contribution in [2.75, 3.05) is 26.1 Å². The summed E-state index contributed by atoms with van der Waals surface area (Å²) in [5, 5.41) is 8.59. The molecule has 0 radical (unpaired) electrons. The molecule has 0 fully saturated rings. The third-order valence-electron chi connectivity index (χ3n) is 2.34. The van der Waals surface area contributed by atoms with Crippen LogP contribution in [0.2, 0.25) is 0 Å². The van der Waals surface area contributed by atoms with E-state index in [4.69, 9.17) is 13.9 Å². The van der Waals surface area contributed by atoms with E-state index in [1.54, 1.807) is 7.11 Å². The number of benzene rings is 1. The number of thioether (sulfide) groups is 1. The van der Waals surface area contributed by atoms with Crippen LogP contribution >= 0.6 is 11.8 Å². The summed E-state index contributed by atoms with van der Waals surface area (Å²) in [6.07, 6.45) is 0. The Balaban J connectivity index is 2.13. The average Bonchev–Trinajstić information content (AvgIpc) is 2.89.